The number of thiazole rings is 1. The zero-order chi connectivity index (χ0) is 10.7. The first-order valence-electron chi connectivity index (χ1n) is 5.53. The largest absolute Gasteiger partial charge is 0.314 e. The minimum atomic E-state index is 0.236. The Morgan fingerprint density at radius 3 is 2.80 bits per heavy atom. The first-order valence-corrected chi connectivity index (χ1v) is 6.40. The normalized spacial score (nSPS) is 19.3. The molecule has 1 aromatic rings. The summed E-state index contributed by atoms with van der Waals surface area (Å²) in [4.78, 5) is 6.93. The van der Waals surface area contributed by atoms with Crippen LogP contribution in [0.4, 0.5) is 0 Å². The monoisotopic (exact) mass is 225 g/mol. The summed E-state index contributed by atoms with van der Waals surface area (Å²) in [5.41, 5.74) is 0.236. The Kier molecular flexibility index (Phi) is 3.38. The van der Waals surface area contributed by atoms with Crippen LogP contribution >= 0.6 is 11.3 Å². The van der Waals surface area contributed by atoms with Gasteiger partial charge in [-0.05, 0) is 13.8 Å². The average molecular weight is 225 g/mol. The highest BCUT2D eigenvalue weighted by Gasteiger charge is 2.28. The molecule has 84 valence electrons. The molecule has 0 saturated carbocycles. The van der Waals surface area contributed by atoms with Gasteiger partial charge in [0, 0.05) is 49.7 Å². The van der Waals surface area contributed by atoms with E-state index < -0.39 is 0 Å². The van der Waals surface area contributed by atoms with Gasteiger partial charge in [-0.25, -0.2) is 4.98 Å². The molecule has 1 N–H and O–H groups in total. The maximum atomic E-state index is 4.37. The highest BCUT2D eigenvalue weighted by molar-refractivity contribution is 7.09. The fourth-order valence-electron chi connectivity index (χ4n) is 2.09. The van der Waals surface area contributed by atoms with Gasteiger partial charge in [-0.3, -0.25) is 4.90 Å². The summed E-state index contributed by atoms with van der Waals surface area (Å²) in [6.07, 6.45) is 2.96. The van der Waals surface area contributed by atoms with E-state index >= 15 is 0 Å². The van der Waals surface area contributed by atoms with Gasteiger partial charge < -0.3 is 5.32 Å². The zero-order valence-electron chi connectivity index (χ0n) is 9.49. The Morgan fingerprint density at radius 2 is 2.20 bits per heavy atom. The number of hydrogen-bond donors (Lipinski definition) is 1. The van der Waals surface area contributed by atoms with Gasteiger partial charge >= 0.3 is 0 Å². The molecule has 1 aliphatic heterocycles. The molecule has 0 aromatic carbocycles. The van der Waals surface area contributed by atoms with Crippen LogP contribution in [0.2, 0.25) is 0 Å². The van der Waals surface area contributed by atoms with Gasteiger partial charge in [0.25, 0.3) is 0 Å². The predicted molar refractivity (Wildman–Crippen MR) is 64.3 cm³/mol. The summed E-state index contributed by atoms with van der Waals surface area (Å²) in [6, 6.07) is 0. The molecular formula is C11H19N3S. The lowest BCUT2D eigenvalue weighted by Crippen LogP contribution is -2.54. The molecule has 1 saturated heterocycles. The first-order chi connectivity index (χ1) is 7.18. The molecule has 3 nitrogen and oxygen atoms in total. The SMILES string of the molecule is CC(C)(Cc1nccs1)N1CCNCC1. The lowest BCUT2D eigenvalue weighted by atomic mass is 9.97. The van der Waals surface area contributed by atoms with Crippen LogP contribution < -0.4 is 5.32 Å². The number of rotatable bonds is 3. The van der Waals surface area contributed by atoms with Gasteiger partial charge in [0.05, 0.1) is 5.01 Å². The quantitative estimate of drug-likeness (QED) is 0.842. The van der Waals surface area contributed by atoms with E-state index in [1.165, 1.54) is 5.01 Å². The lowest BCUT2D eigenvalue weighted by molar-refractivity contribution is 0.103. The van der Waals surface area contributed by atoms with Crippen molar-refractivity contribution in [2.24, 2.45) is 0 Å². The molecule has 1 aromatic heterocycles. The molecule has 0 spiro atoms. The van der Waals surface area contributed by atoms with Crippen LogP contribution in [0.5, 0.6) is 0 Å². The van der Waals surface area contributed by atoms with Crippen molar-refractivity contribution in [1.29, 1.82) is 0 Å². The minimum absolute atomic E-state index is 0.236. The van der Waals surface area contributed by atoms with Gasteiger partial charge in [0.1, 0.15) is 0 Å². The summed E-state index contributed by atoms with van der Waals surface area (Å²) in [7, 11) is 0. The minimum Gasteiger partial charge on any atom is -0.314 e. The van der Waals surface area contributed by atoms with Crippen molar-refractivity contribution in [1.82, 2.24) is 15.2 Å². The number of nitrogens with zero attached hydrogens (tertiary/aromatic N) is 2. The molecule has 0 unspecified atom stereocenters. The predicted octanol–water partition coefficient (Wildman–Crippen LogP) is 1.37. The fraction of sp³-hybridized carbons (Fsp3) is 0.727. The van der Waals surface area contributed by atoms with E-state index in [9.17, 15) is 0 Å². The lowest BCUT2D eigenvalue weighted by Gasteiger charge is -2.40. The van der Waals surface area contributed by atoms with E-state index in [2.05, 4.69) is 34.4 Å². The van der Waals surface area contributed by atoms with Gasteiger partial charge in [0.2, 0.25) is 0 Å². The standard InChI is InChI=1S/C11H19N3S/c1-11(2,9-10-13-5-8-15-10)14-6-3-12-4-7-14/h5,8,12H,3-4,6-7,9H2,1-2H3. The molecule has 0 aliphatic carbocycles. The van der Waals surface area contributed by atoms with E-state index in [1.54, 1.807) is 11.3 Å². The van der Waals surface area contributed by atoms with Crippen molar-refractivity contribution >= 4 is 11.3 Å². The Balaban J connectivity index is 1.98. The maximum Gasteiger partial charge on any atom is 0.0943 e. The van der Waals surface area contributed by atoms with Crippen molar-refractivity contribution in [3.05, 3.63) is 16.6 Å². The third kappa shape index (κ3) is 2.77. The van der Waals surface area contributed by atoms with E-state index in [0.717, 1.165) is 32.6 Å². The Bertz CT molecular complexity index is 289. The second-order valence-electron chi connectivity index (χ2n) is 4.65. The smallest absolute Gasteiger partial charge is 0.0943 e. The van der Waals surface area contributed by atoms with Gasteiger partial charge in [-0.2, -0.15) is 0 Å². The van der Waals surface area contributed by atoms with E-state index in [-0.39, 0.29) is 5.54 Å². The number of nitrogens with one attached hydrogen (secondary N) is 1. The fourth-order valence-corrected chi connectivity index (χ4v) is 2.93. The molecule has 4 heteroatoms. The van der Waals surface area contributed by atoms with Crippen LogP contribution in [0.25, 0.3) is 0 Å². The molecule has 1 fully saturated rings. The summed E-state index contributed by atoms with van der Waals surface area (Å²) in [5.74, 6) is 0. The van der Waals surface area contributed by atoms with Gasteiger partial charge in [0.15, 0.2) is 0 Å². The Labute approximate surface area is 95.5 Å². The topological polar surface area (TPSA) is 28.2 Å². The third-order valence-corrected chi connectivity index (χ3v) is 3.82. The molecule has 0 amide bonds. The Morgan fingerprint density at radius 1 is 1.47 bits per heavy atom. The van der Waals surface area contributed by atoms with E-state index in [0.29, 0.717) is 0 Å². The summed E-state index contributed by atoms with van der Waals surface area (Å²) >= 11 is 1.76. The van der Waals surface area contributed by atoms with Gasteiger partial charge in [-0.15, -0.1) is 11.3 Å². The first kappa shape index (κ1) is 11.0. The Hall–Kier alpha value is -0.450. The van der Waals surface area contributed by atoms with E-state index in [1.807, 2.05) is 6.20 Å². The number of piperazine rings is 1. The second-order valence-corrected chi connectivity index (χ2v) is 5.63. The molecule has 2 heterocycles. The number of aromatic nitrogens is 1. The van der Waals surface area contributed by atoms with Crippen molar-refractivity contribution in [3.63, 3.8) is 0 Å². The van der Waals surface area contributed by atoms with Crippen molar-refractivity contribution < 1.29 is 0 Å². The van der Waals surface area contributed by atoms with Crippen LogP contribution in [0.15, 0.2) is 11.6 Å². The van der Waals surface area contributed by atoms with Crippen LogP contribution in [0, 0.1) is 0 Å². The van der Waals surface area contributed by atoms with Gasteiger partial charge in [-0.1, -0.05) is 0 Å². The third-order valence-electron chi connectivity index (χ3n) is 3.04. The highest BCUT2D eigenvalue weighted by Crippen LogP contribution is 2.21. The summed E-state index contributed by atoms with van der Waals surface area (Å²) < 4.78 is 0. The molecule has 15 heavy (non-hydrogen) atoms. The molecule has 1 aliphatic rings. The van der Waals surface area contributed by atoms with Crippen LogP contribution in [-0.4, -0.2) is 41.6 Å². The van der Waals surface area contributed by atoms with Crippen molar-refractivity contribution in [3.8, 4) is 0 Å². The molecular weight excluding hydrogens is 206 g/mol. The second kappa shape index (κ2) is 4.60. The molecule has 2 rings (SSSR count). The summed E-state index contributed by atoms with van der Waals surface area (Å²) in [6.45, 7) is 9.17. The number of hydrogen-bond acceptors (Lipinski definition) is 4. The van der Waals surface area contributed by atoms with E-state index in [4.69, 9.17) is 0 Å². The van der Waals surface area contributed by atoms with Crippen LogP contribution in [0.3, 0.4) is 0 Å². The summed E-state index contributed by atoms with van der Waals surface area (Å²) in [5, 5.41) is 6.70. The average Bonchev–Trinajstić information content (AvgIpc) is 2.71. The van der Waals surface area contributed by atoms with Crippen LogP contribution in [-0.2, 0) is 6.42 Å². The highest BCUT2D eigenvalue weighted by atomic mass is 32.1. The molecule has 0 atom stereocenters. The zero-order valence-corrected chi connectivity index (χ0v) is 10.3. The molecule has 0 radical (unpaired) electrons. The molecule has 0 bridgehead atoms. The van der Waals surface area contributed by atoms with Crippen molar-refractivity contribution in [2.75, 3.05) is 26.2 Å². The van der Waals surface area contributed by atoms with Crippen LogP contribution in [0.1, 0.15) is 18.9 Å². The maximum absolute atomic E-state index is 4.37. The van der Waals surface area contributed by atoms with Crippen molar-refractivity contribution in [2.45, 2.75) is 25.8 Å².